The lowest BCUT2D eigenvalue weighted by atomic mass is 10.2. The lowest BCUT2D eigenvalue weighted by molar-refractivity contribution is 0.456. The van der Waals surface area contributed by atoms with Gasteiger partial charge in [-0.15, -0.1) is 0 Å². The number of ether oxygens (including phenoxy) is 1. The molecule has 0 aliphatic carbocycles. The van der Waals surface area contributed by atoms with Gasteiger partial charge in [0.25, 0.3) is 0 Å². The Morgan fingerprint density at radius 1 is 1.33 bits per heavy atom. The fourth-order valence-corrected chi connectivity index (χ4v) is 2.06. The molecule has 0 amide bonds. The van der Waals surface area contributed by atoms with Gasteiger partial charge in [0.2, 0.25) is 5.88 Å². The molecular weight excluding hydrogens is 291 g/mol. The monoisotopic (exact) mass is 308 g/mol. The molecule has 21 heavy (non-hydrogen) atoms. The molecule has 0 unspecified atom stereocenters. The molecule has 0 spiro atoms. The van der Waals surface area contributed by atoms with E-state index in [1.807, 2.05) is 13.0 Å². The van der Waals surface area contributed by atoms with Gasteiger partial charge in [0, 0.05) is 24.4 Å². The summed E-state index contributed by atoms with van der Waals surface area (Å²) in [6.07, 6.45) is 2.87. The summed E-state index contributed by atoms with van der Waals surface area (Å²) < 4.78 is 18.8. The summed E-state index contributed by atoms with van der Waals surface area (Å²) >= 11 is 5.73. The minimum atomic E-state index is -0.467. The summed E-state index contributed by atoms with van der Waals surface area (Å²) in [5.41, 5.74) is 2.02. The Bertz CT molecular complexity index is 619. The molecule has 0 bridgehead atoms. The Hall–Kier alpha value is -1.65. The van der Waals surface area contributed by atoms with Crippen molar-refractivity contribution in [3.63, 3.8) is 0 Å². The first-order valence-electron chi connectivity index (χ1n) is 6.89. The Kier molecular flexibility index (Phi) is 5.53. The highest BCUT2D eigenvalue weighted by atomic mass is 35.5. The first-order chi connectivity index (χ1) is 10.1. The fourth-order valence-electron chi connectivity index (χ4n) is 1.89. The van der Waals surface area contributed by atoms with Gasteiger partial charge in [0.05, 0.1) is 5.02 Å². The molecule has 0 saturated heterocycles. The third kappa shape index (κ3) is 4.41. The van der Waals surface area contributed by atoms with Crippen LogP contribution >= 0.6 is 11.6 Å². The maximum atomic E-state index is 13.1. The number of aryl methyl sites for hydroxylation is 1. The first-order valence-corrected chi connectivity index (χ1v) is 7.27. The molecule has 1 aromatic heterocycles. The third-order valence-electron chi connectivity index (χ3n) is 2.95. The Morgan fingerprint density at radius 2 is 2.14 bits per heavy atom. The van der Waals surface area contributed by atoms with Gasteiger partial charge < -0.3 is 10.1 Å². The molecule has 0 radical (unpaired) electrons. The van der Waals surface area contributed by atoms with Crippen LogP contribution in [0.3, 0.4) is 0 Å². The number of pyridine rings is 1. The smallest absolute Gasteiger partial charge is 0.222 e. The third-order valence-corrected chi connectivity index (χ3v) is 3.24. The second kappa shape index (κ2) is 7.38. The molecule has 5 heteroatoms. The van der Waals surface area contributed by atoms with Crippen LogP contribution in [-0.4, -0.2) is 11.5 Å². The van der Waals surface area contributed by atoms with Gasteiger partial charge in [-0.1, -0.05) is 18.5 Å². The number of hydrogen-bond acceptors (Lipinski definition) is 3. The molecule has 0 saturated carbocycles. The van der Waals surface area contributed by atoms with Gasteiger partial charge in [-0.05, 0) is 43.7 Å². The van der Waals surface area contributed by atoms with E-state index in [2.05, 4.69) is 17.2 Å². The van der Waals surface area contributed by atoms with E-state index < -0.39 is 5.82 Å². The van der Waals surface area contributed by atoms with Gasteiger partial charge in [-0.2, -0.15) is 0 Å². The molecule has 3 nitrogen and oxygen atoms in total. The number of rotatable bonds is 6. The van der Waals surface area contributed by atoms with Crippen LogP contribution in [-0.2, 0) is 6.54 Å². The largest absolute Gasteiger partial charge is 0.439 e. The molecule has 0 fully saturated rings. The van der Waals surface area contributed by atoms with Crippen LogP contribution in [0.2, 0.25) is 5.02 Å². The normalized spacial score (nSPS) is 10.7. The van der Waals surface area contributed by atoms with Crippen molar-refractivity contribution < 1.29 is 9.13 Å². The van der Waals surface area contributed by atoms with E-state index in [0.717, 1.165) is 30.6 Å². The molecular formula is C16H18ClFN2O. The highest BCUT2D eigenvalue weighted by Crippen LogP contribution is 2.27. The minimum Gasteiger partial charge on any atom is -0.439 e. The van der Waals surface area contributed by atoms with Crippen LogP contribution in [0.25, 0.3) is 0 Å². The average Bonchev–Trinajstić information content (AvgIpc) is 2.46. The summed E-state index contributed by atoms with van der Waals surface area (Å²) in [5.74, 6) is 0.497. The van der Waals surface area contributed by atoms with Crippen molar-refractivity contribution >= 4 is 11.6 Å². The van der Waals surface area contributed by atoms with Gasteiger partial charge >= 0.3 is 0 Å². The zero-order valence-corrected chi connectivity index (χ0v) is 12.9. The lowest BCUT2D eigenvalue weighted by Gasteiger charge is -2.10. The second-order valence-corrected chi connectivity index (χ2v) is 5.23. The maximum absolute atomic E-state index is 13.1. The van der Waals surface area contributed by atoms with Crippen molar-refractivity contribution in [2.45, 2.75) is 26.8 Å². The standard InChI is InChI=1S/C16H18ClFN2O/c1-3-6-19-9-12-7-11(2)16(20-10-12)21-13-4-5-15(18)14(17)8-13/h4-5,7-8,10,19H,3,6,9H2,1-2H3. The Morgan fingerprint density at radius 3 is 2.81 bits per heavy atom. The van der Waals surface area contributed by atoms with Crippen molar-refractivity contribution in [3.05, 3.63) is 52.4 Å². The number of halogens is 2. The van der Waals surface area contributed by atoms with E-state index in [1.165, 1.54) is 18.2 Å². The summed E-state index contributed by atoms with van der Waals surface area (Å²) in [6.45, 7) is 5.81. The SMILES string of the molecule is CCCNCc1cnc(Oc2ccc(F)c(Cl)c2)c(C)c1. The fraction of sp³-hybridized carbons (Fsp3) is 0.312. The van der Waals surface area contributed by atoms with E-state index in [0.29, 0.717) is 11.6 Å². The van der Waals surface area contributed by atoms with Crippen molar-refractivity contribution in [1.29, 1.82) is 0 Å². The maximum Gasteiger partial charge on any atom is 0.222 e. The number of benzene rings is 1. The van der Waals surface area contributed by atoms with Crippen molar-refractivity contribution in [1.82, 2.24) is 10.3 Å². The zero-order chi connectivity index (χ0) is 15.2. The van der Waals surface area contributed by atoms with Crippen LogP contribution < -0.4 is 10.1 Å². The lowest BCUT2D eigenvalue weighted by Crippen LogP contribution is -2.14. The molecule has 1 heterocycles. The first kappa shape index (κ1) is 15.7. The predicted octanol–water partition coefficient (Wildman–Crippen LogP) is 4.47. The van der Waals surface area contributed by atoms with E-state index in [-0.39, 0.29) is 5.02 Å². The van der Waals surface area contributed by atoms with E-state index in [9.17, 15) is 4.39 Å². The number of hydrogen-bond donors (Lipinski definition) is 1. The van der Waals surface area contributed by atoms with Crippen molar-refractivity contribution in [2.75, 3.05) is 6.54 Å². The minimum absolute atomic E-state index is 0.0329. The number of nitrogens with zero attached hydrogens (tertiary/aromatic N) is 1. The van der Waals surface area contributed by atoms with Gasteiger partial charge in [-0.25, -0.2) is 9.37 Å². The van der Waals surface area contributed by atoms with E-state index in [1.54, 1.807) is 6.20 Å². The summed E-state index contributed by atoms with van der Waals surface area (Å²) in [7, 11) is 0. The second-order valence-electron chi connectivity index (χ2n) is 4.82. The van der Waals surface area contributed by atoms with E-state index >= 15 is 0 Å². The molecule has 0 atom stereocenters. The molecule has 2 rings (SSSR count). The average molecular weight is 309 g/mol. The number of aromatic nitrogens is 1. The van der Waals surface area contributed by atoms with Crippen LogP contribution in [0.1, 0.15) is 24.5 Å². The highest BCUT2D eigenvalue weighted by molar-refractivity contribution is 6.30. The van der Waals surface area contributed by atoms with Gasteiger partial charge in [0.1, 0.15) is 11.6 Å². The number of nitrogens with one attached hydrogen (secondary N) is 1. The molecule has 2 aromatic rings. The molecule has 0 aliphatic heterocycles. The van der Waals surface area contributed by atoms with Crippen molar-refractivity contribution in [3.8, 4) is 11.6 Å². The Balaban J connectivity index is 2.08. The quantitative estimate of drug-likeness (QED) is 0.799. The zero-order valence-electron chi connectivity index (χ0n) is 12.1. The Labute approximate surface area is 129 Å². The van der Waals surface area contributed by atoms with Gasteiger partial charge in [-0.3, -0.25) is 0 Å². The topological polar surface area (TPSA) is 34.2 Å². The van der Waals surface area contributed by atoms with Gasteiger partial charge in [0.15, 0.2) is 0 Å². The summed E-state index contributed by atoms with van der Waals surface area (Å²) in [6, 6.07) is 6.26. The van der Waals surface area contributed by atoms with E-state index in [4.69, 9.17) is 16.3 Å². The van der Waals surface area contributed by atoms with Crippen molar-refractivity contribution in [2.24, 2.45) is 0 Å². The van der Waals surface area contributed by atoms with Crippen LogP contribution in [0, 0.1) is 12.7 Å². The molecule has 0 aliphatic rings. The highest BCUT2D eigenvalue weighted by Gasteiger charge is 2.07. The molecule has 1 aromatic carbocycles. The van der Waals surface area contributed by atoms with Crippen LogP contribution in [0.5, 0.6) is 11.6 Å². The predicted molar refractivity (Wildman–Crippen MR) is 82.5 cm³/mol. The molecule has 112 valence electrons. The van der Waals surface area contributed by atoms with Crippen LogP contribution in [0.4, 0.5) is 4.39 Å². The van der Waals surface area contributed by atoms with Crippen LogP contribution in [0.15, 0.2) is 30.5 Å². The summed E-state index contributed by atoms with van der Waals surface area (Å²) in [5, 5.41) is 3.35. The molecule has 1 N–H and O–H groups in total. The summed E-state index contributed by atoms with van der Waals surface area (Å²) in [4.78, 5) is 4.31.